The van der Waals surface area contributed by atoms with Gasteiger partial charge in [-0.25, -0.2) is 9.48 Å². The Morgan fingerprint density at radius 3 is 2.49 bits per heavy atom. The summed E-state index contributed by atoms with van der Waals surface area (Å²) in [5.74, 6) is -2.76. The Balaban J connectivity index is 1.44. The zero-order valence-corrected chi connectivity index (χ0v) is 21.9. The second kappa shape index (κ2) is 10.5. The molecule has 15 heteroatoms. The molecular weight excluding hydrogens is 547 g/mol. The van der Waals surface area contributed by atoms with Gasteiger partial charge in [-0.1, -0.05) is 0 Å². The van der Waals surface area contributed by atoms with Gasteiger partial charge in [0.1, 0.15) is 11.9 Å². The summed E-state index contributed by atoms with van der Waals surface area (Å²) >= 11 is 0. The largest absolute Gasteiger partial charge is 0.480 e. The van der Waals surface area contributed by atoms with Crippen LogP contribution in [0.25, 0.3) is 5.69 Å². The molecule has 1 aromatic carbocycles. The van der Waals surface area contributed by atoms with Crippen molar-refractivity contribution in [3.63, 3.8) is 0 Å². The van der Waals surface area contributed by atoms with Gasteiger partial charge in [0.2, 0.25) is 17.9 Å². The highest BCUT2D eigenvalue weighted by Crippen LogP contribution is 2.42. The lowest BCUT2D eigenvalue weighted by Crippen LogP contribution is -2.41. The molecule has 0 saturated carbocycles. The third-order valence-electron chi connectivity index (χ3n) is 7.58. The number of hydrogen-bond donors (Lipinski definition) is 4. The number of nitrogens with two attached hydrogens (primary N) is 1. The molecule has 2 aliphatic heterocycles. The van der Waals surface area contributed by atoms with E-state index in [0.717, 1.165) is 6.07 Å². The Hall–Kier alpha value is -4.40. The van der Waals surface area contributed by atoms with Crippen LogP contribution in [0.1, 0.15) is 47.0 Å². The number of carbonyl (C=O) groups is 2. The van der Waals surface area contributed by atoms with E-state index in [9.17, 15) is 33.0 Å². The monoisotopic (exact) mass is 575 g/mol. The molecule has 4 heterocycles. The predicted octanol–water partition coefficient (Wildman–Crippen LogP) is 2.97. The van der Waals surface area contributed by atoms with Gasteiger partial charge in [0, 0.05) is 37.5 Å². The minimum atomic E-state index is -4.97. The number of nitrogens with zero attached hydrogens (tertiary/aromatic N) is 5. The average molecular weight is 576 g/mol. The van der Waals surface area contributed by atoms with Gasteiger partial charge in [0.25, 0.3) is 0 Å². The number of carboxylic acid groups (broad SMARTS) is 2. The Bertz CT molecular complexity index is 1470. The van der Waals surface area contributed by atoms with E-state index in [4.69, 9.17) is 10.5 Å². The summed E-state index contributed by atoms with van der Waals surface area (Å²) in [6.45, 7) is 3.20. The number of ether oxygens (including phenoxy) is 1. The molecule has 5 N–H and O–H groups in total. The Morgan fingerprint density at radius 2 is 1.90 bits per heavy atom. The fraction of sp³-hybridized carbons (Fsp3) is 0.423. The van der Waals surface area contributed by atoms with Crippen LogP contribution in [0.4, 0.5) is 24.9 Å². The maximum Gasteiger partial charge on any atom is 0.429 e. The molecule has 218 valence electrons. The maximum absolute atomic E-state index is 14.5. The lowest BCUT2D eigenvalue weighted by Gasteiger charge is -2.39. The fourth-order valence-corrected chi connectivity index (χ4v) is 5.42. The van der Waals surface area contributed by atoms with E-state index >= 15 is 0 Å². The van der Waals surface area contributed by atoms with E-state index in [2.05, 4.69) is 20.4 Å². The van der Waals surface area contributed by atoms with Crippen LogP contribution in [-0.4, -0.2) is 73.8 Å². The average Bonchev–Trinajstić information content (AvgIpc) is 3.53. The fourth-order valence-electron chi connectivity index (χ4n) is 5.42. The van der Waals surface area contributed by atoms with Crippen molar-refractivity contribution in [2.45, 2.75) is 44.5 Å². The lowest BCUT2D eigenvalue weighted by molar-refractivity contribution is -0.198. The van der Waals surface area contributed by atoms with Crippen LogP contribution in [0.15, 0.2) is 36.5 Å². The van der Waals surface area contributed by atoms with Crippen molar-refractivity contribution in [3.8, 4) is 11.6 Å². The number of aryl methyl sites for hydroxylation is 1. The van der Waals surface area contributed by atoms with Crippen molar-refractivity contribution in [3.05, 3.63) is 53.3 Å². The molecule has 2 atom stereocenters. The van der Waals surface area contributed by atoms with Gasteiger partial charge >= 0.3 is 18.1 Å². The van der Waals surface area contributed by atoms with Crippen LogP contribution in [0.3, 0.4) is 0 Å². The van der Waals surface area contributed by atoms with E-state index in [1.807, 2.05) is 4.90 Å². The number of aromatic nitrogens is 4. The Morgan fingerprint density at radius 1 is 1.17 bits per heavy atom. The predicted molar refractivity (Wildman–Crippen MR) is 139 cm³/mol. The first-order valence-corrected chi connectivity index (χ1v) is 12.8. The SMILES string of the molecule is Cc1ccn(-c2ccc(C(=O)O)cc2C(Oc2cc(N3CCC4(CC3)CN[C@H](C(=O)O)C4)nc(N)n2)C(F)(F)F)n1. The summed E-state index contributed by atoms with van der Waals surface area (Å²) in [4.78, 5) is 32.9. The van der Waals surface area contributed by atoms with Crippen LogP contribution in [0.5, 0.6) is 5.88 Å². The van der Waals surface area contributed by atoms with Crippen molar-refractivity contribution in [2.75, 3.05) is 30.3 Å². The standard InChI is InChI=1S/C26H28F3N7O5/c1-14-4-7-36(34-14)18-3-2-15(22(37)38)10-16(18)21(26(27,28)29)41-20-11-19(32-24(30)33-20)35-8-5-25(6-9-35)12-17(23(39)40)31-13-25/h2-4,7,10-11,17,21,31H,5-6,8-9,12-13H2,1H3,(H,37,38)(H,39,40)(H2,30,32,33)/t17-,21?/m0/s1. The van der Waals surface area contributed by atoms with Gasteiger partial charge in [-0.3, -0.25) is 4.79 Å². The third-order valence-corrected chi connectivity index (χ3v) is 7.58. The summed E-state index contributed by atoms with van der Waals surface area (Å²) in [6.07, 6.45) is -4.30. The summed E-state index contributed by atoms with van der Waals surface area (Å²) in [5, 5.41) is 26.0. The molecule has 0 aliphatic carbocycles. The molecular formula is C26H28F3N7O5. The molecule has 2 fully saturated rings. The van der Waals surface area contributed by atoms with Crippen molar-refractivity contribution >= 4 is 23.7 Å². The number of carboxylic acids is 2. The third kappa shape index (κ3) is 5.89. The number of halogens is 3. The number of piperidine rings is 1. The lowest BCUT2D eigenvalue weighted by atomic mass is 9.76. The first-order chi connectivity index (χ1) is 19.3. The minimum absolute atomic E-state index is 0.0150. The maximum atomic E-state index is 14.5. The number of hydrogen-bond acceptors (Lipinski definition) is 9. The number of benzene rings is 1. The summed E-state index contributed by atoms with van der Waals surface area (Å²) in [7, 11) is 0. The molecule has 2 aliphatic rings. The number of aliphatic carboxylic acids is 1. The molecule has 0 radical (unpaired) electrons. The number of anilines is 2. The highest BCUT2D eigenvalue weighted by Gasteiger charge is 2.46. The summed E-state index contributed by atoms with van der Waals surface area (Å²) in [5.41, 5.74) is 5.38. The van der Waals surface area contributed by atoms with E-state index < -0.39 is 41.7 Å². The second-order valence-corrected chi connectivity index (χ2v) is 10.4. The number of rotatable bonds is 7. The van der Waals surface area contributed by atoms with Gasteiger partial charge in [0.05, 0.1) is 16.9 Å². The van der Waals surface area contributed by atoms with E-state index in [0.29, 0.717) is 44.6 Å². The Labute approximate surface area is 231 Å². The number of nitrogen functional groups attached to an aromatic ring is 1. The second-order valence-electron chi connectivity index (χ2n) is 10.4. The molecule has 41 heavy (non-hydrogen) atoms. The molecule has 0 amide bonds. The van der Waals surface area contributed by atoms with E-state index in [1.165, 1.54) is 29.1 Å². The highest BCUT2D eigenvalue weighted by molar-refractivity contribution is 5.88. The van der Waals surface area contributed by atoms with Gasteiger partial charge in [-0.05, 0) is 55.9 Å². The van der Waals surface area contributed by atoms with Gasteiger partial charge < -0.3 is 30.9 Å². The van der Waals surface area contributed by atoms with Crippen molar-refractivity contribution in [1.29, 1.82) is 0 Å². The molecule has 1 spiro atoms. The Kier molecular flexibility index (Phi) is 7.23. The normalized spacial score (nSPS) is 19.3. The van der Waals surface area contributed by atoms with Crippen molar-refractivity contribution in [2.24, 2.45) is 5.41 Å². The number of nitrogens with one attached hydrogen (secondary N) is 1. The zero-order valence-electron chi connectivity index (χ0n) is 21.9. The van der Waals surface area contributed by atoms with Gasteiger partial charge in [0.15, 0.2) is 0 Å². The molecule has 5 rings (SSSR count). The molecule has 2 aromatic heterocycles. The van der Waals surface area contributed by atoms with Crippen LogP contribution in [-0.2, 0) is 4.79 Å². The van der Waals surface area contributed by atoms with Crippen molar-refractivity contribution in [1.82, 2.24) is 25.1 Å². The van der Waals surface area contributed by atoms with E-state index in [1.54, 1.807) is 13.0 Å². The van der Waals surface area contributed by atoms with Crippen LogP contribution in [0.2, 0.25) is 0 Å². The smallest absolute Gasteiger partial charge is 0.429 e. The number of alkyl halides is 3. The quantitative estimate of drug-likeness (QED) is 0.327. The first kappa shape index (κ1) is 28.1. The summed E-state index contributed by atoms with van der Waals surface area (Å²) < 4.78 is 50.2. The molecule has 2 saturated heterocycles. The highest BCUT2D eigenvalue weighted by atomic mass is 19.4. The zero-order chi connectivity index (χ0) is 29.5. The van der Waals surface area contributed by atoms with E-state index in [-0.39, 0.29) is 28.4 Å². The molecule has 12 nitrogen and oxygen atoms in total. The molecule has 0 bridgehead atoms. The molecule has 1 unspecified atom stereocenters. The van der Waals surface area contributed by atoms with Crippen LogP contribution >= 0.6 is 0 Å². The topological polar surface area (TPSA) is 169 Å². The summed E-state index contributed by atoms with van der Waals surface area (Å²) in [6, 6.07) is 5.59. The molecule has 3 aromatic rings. The minimum Gasteiger partial charge on any atom is -0.480 e. The van der Waals surface area contributed by atoms with Gasteiger partial charge in [-0.15, -0.1) is 0 Å². The van der Waals surface area contributed by atoms with Crippen molar-refractivity contribution < 1.29 is 37.7 Å². The van der Waals surface area contributed by atoms with Gasteiger partial charge in [-0.2, -0.15) is 28.2 Å². The van der Waals surface area contributed by atoms with Crippen LogP contribution < -0.4 is 20.7 Å². The first-order valence-electron chi connectivity index (χ1n) is 12.8. The number of aromatic carboxylic acids is 1. The van der Waals surface area contributed by atoms with Crippen LogP contribution in [0, 0.1) is 12.3 Å².